The average Bonchev–Trinajstić information content (AvgIpc) is 2.34. The molecule has 0 unspecified atom stereocenters. The van der Waals surface area contributed by atoms with E-state index in [4.69, 9.17) is 8.92 Å². The van der Waals surface area contributed by atoms with Crippen LogP contribution in [0.1, 0.15) is 25.8 Å². The number of ether oxygens (including phenoxy) is 1. The van der Waals surface area contributed by atoms with Gasteiger partial charge < -0.3 is 4.74 Å². The normalized spacial score (nSPS) is 13.5. The number of hydrogen-bond acceptors (Lipinski definition) is 4. The molecule has 0 saturated heterocycles. The average molecular weight is 272 g/mol. The van der Waals surface area contributed by atoms with Gasteiger partial charge in [0.2, 0.25) is 0 Å². The fourth-order valence-electron chi connectivity index (χ4n) is 1.33. The molecule has 1 aromatic carbocycles. The van der Waals surface area contributed by atoms with E-state index in [2.05, 4.69) is 0 Å². The molecule has 0 heterocycles. The van der Waals surface area contributed by atoms with E-state index in [9.17, 15) is 8.42 Å². The second-order valence-electron chi connectivity index (χ2n) is 4.23. The molecule has 4 nitrogen and oxygen atoms in total. The van der Waals surface area contributed by atoms with Crippen molar-refractivity contribution in [2.24, 2.45) is 0 Å². The fourth-order valence-corrected chi connectivity index (χ4v) is 2.30. The standard InChI is InChI=1S/C13H20O4S/c1-4-9-16-12(3)10-17-18(14,15)13-7-5-11(2)6-8-13/h5-8,12H,4,9-10H2,1-3H3/t12-/m0/s1. The Hall–Kier alpha value is -0.910. The first-order chi connectivity index (χ1) is 8.45. The minimum atomic E-state index is -3.68. The summed E-state index contributed by atoms with van der Waals surface area (Å²) in [6, 6.07) is 6.57. The summed E-state index contributed by atoms with van der Waals surface area (Å²) < 4.78 is 34.0. The van der Waals surface area contributed by atoms with Gasteiger partial charge in [-0.15, -0.1) is 0 Å². The van der Waals surface area contributed by atoms with Crippen molar-refractivity contribution in [3.63, 3.8) is 0 Å². The van der Waals surface area contributed by atoms with Crippen molar-refractivity contribution in [1.82, 2.24) is 0 Å². The molecule has 1 aromatic rings. The molecule has 1 rings (SSSR count). The summed E-state index contributed by atoms with van der Waals surface area (Å²) in [6.07, 6.45) is 0.667. The van der Waals surface area contributed by atoms with Crippen LogP contribution in [-0.4, -0.2) is 27.7 Å². The molecule has 0 saturated carbocycles. The largest absolute Gasteiger partial charge is 0.376 e. The van der Waals surface area contributed by atoms with Crippen LogP contribution < -0.4 is 0 Å². The zero-order valence-electron chi connectivity index (χ0n) is 11.0. The van der Waals surface area contributed by atoms with E-state index >= 15 is 0 Å². The van der Waals surface area contributed by atoms with Crippen LogP contribution in [-0.2, 0) is 19.0 Å². The first-order valence-electron chi connectivity index (χ1n) is 6.03. The second kappa shape index (κ2) is 6.87. The van der Waals surface area contributed by atoms with Gasteiger partial charge in [-0.3, -0.25) is 4.18 Å². The molecule has 0 aliphatic carbocycles. The monoisotopic (exact) mass is 272 g/mol. The summed E-state index contributed by atoms with van der Waals surface area (Å²) in [5, 5.41) is 0. The van der Waals surface area contributed by atoms with E-state index in [0.717, 1.165) is 12.0 Å². The van der Waals surface area contributed by atoms with Gasteiger partial charge in [0.15, 0.2) is 0 Å². The van der Waals surface area contributed by atoms with Crippen molar-refractivity contribution < 1.29 is 17.3 Å². The Kier molecular flexibility index (Phi) is 5.78. The highest BCUT2D eigenvalue weighted by Crippen LogP contribution is 2.13. The van der Waals surface area contributed by atoms with Gasteiger partial charge in [-0.05, 0) is 32.4 Å². The summed E-state index contributed by atoms with van der Waals surface area (Å²) in [5.41, 5.74) is 1.01. The van der Waals surface area contributed by atoms with Gasteiger partial charge in [0.05, 0.1) is 17.6 Å². The van der Waals surface area contributed by atoms with Crippen LogP contribution in [0.15, 0.2) is 29.2 Å². The van der Waals surface area contributed by atoms with Gasteiger partial charge in [0, 0.05) is 6.61 Å². The predicted octanol–water partition coefficient (Wildman–Crippen LogP) is 2.52. The van der Waals surface area contributed by atoms with E-state index in [1.54, 1.807) is 31.2 Å². The molecule has 18 heavy (non-hydrogen) atoms. The Morgan fingerprint density at radius 2 is 1.83 bits per heavy atom. The summed E-state index contributed by atoms with van der Waals surface area (Å²) in [5.74, 6) is 0. The van der Waals surface area contributed by atoms with Crippen LogP contribution in [0.3, 0.4) is 0 Å². The Bertz CT molecular complexity index is 450. The molecule has 0 aliphatic heterocycles. The van der Waals surface area contributed by atoms with Crippen molar-refractivity contribution in [1.29, 1.82) is 0 Å². The molecule has 0 aromatic heterocycles. The lowest BCUT2D eigenvalue weighted by Crippen LogP contribution is -2.19. The smallest absolute Gasteiger partial charge is 0.297 e. The summed E-state index contributed by atoms with van der Waals surface area (Å²) >= 11 is 0. The number of aryl methyl sites for hydroxylation is 1. The highest BCUT2D eigenvalue weighted by Gasteiger charge is 2.16. The van der Waals surface area contributed by atoms with Crippen LogP contribution in [0.25, 0.3) is 0 Å². The molecule has 1 atom stereocenters. The minimum absolute atomic E-state index is 0.0379. The third-order valence-corrected chi connectivity index (χ3v) is 3.67. The zero-order valence-corrected chi connectivity index (χ0v) is 11.9. The Morgan fingerprint density at radius 3 is 2.39 bits per heavy atom. The molecule has 0 fully saturated rings. The maximum atomic E-state index is 11.8. The molecular formula is C13H20O4S. The summed E-state index contributed by atoms with van der Waals surface area (Å²) in [7, 11) is -3.68. The highest BCUT2D eigenvalue weighted by atomic mass is 32.2. The van der Waals surface area contributed by atoms with E-state index in [0.29, 0.717) is 6.61 Å². The van der Waals surface area contributed by atoms with Crippen molar-refractivity contribution in [2.75, 3.05) is 13.2 Å². The van der Waals surface area contributed by atoms with Crippen LogP contribution >= 0.6 is 0 Å². The van der Waals surface area contributed by atoms with Crippen molar-refractivity contribution in [2.45, 2.75) is 38.2 Å². The van der Waals surface area contributed by atoms with Crippen molar-refractivity contribution in [3.05, 3.63) is 29.8 Å². The maximum Gasteiger partial charge on any atom is 0.297 e. The van der Waals surface area contributed by atoms with Gasteiger partial charge in [-0.25, -0.2) is 0 Å². The third kappa shape index (κ3) is 4.76. The Morgan fingerprint density at radius 1 is 1.22 bits per heavy atom. The van der Waals surface area contributed by atoms with Crippen molar-refractivity contribution in [3.8, 4) is 0 Å². The minimum Gasteiger partial charge on any atom is -0.376 e. The fraction of sp³-hybridized carbons (Fsp3) is 0.538. The summed E-state index contributed by atoms with van der Waals surface area (Å²) in [6.45, 7) is 6.33. The lowest BCUT2D eigenvalue weighted by molar-refractivity contribution is 0.0344. The van der Waals surface area contributed by atoms with E-state index in [1.165, 1.54) is 0 Å². The van der Waals surface area contributed by atoms with Crippen LogP contribution in [0.4, 0.5) is 0 Å². The quantitative estimate of drug-likeness (QED) is 0.716. The molecule has 0 N–H and O–H groups in total. The third-order valence-electron chi connectivity index (χ3n) is 2.37. The zero-order chi connectivity index (χ0) is 13.6. The van der Waals surface area contributed by atoms with E-state index < -0.39 is 10.1 Å². The maximum absolute atomic E-state index is 11.8. The number of benzene rings is 1. The van der Waals surface area contributed by atoms with Crippen LogP contribution in [0.5, 0.6) is 0 Å². The molecular weight excluding hydrogens is 252 g/mol. The van der Waals surface area contributed by atoms with Crippen LogP contribution in [0.2, 0.25) is 0 Å². The van der Waals surface area contributed by atoms with E-state index in [1.807, 2.05) is 13.8 Å². The first-order valence-corrected chi connectivity index (χ1v) is 7.44. The topological polar surface area (TPSA) is 52.6 Å². The molecule has 0 bridgehead atoms. The van der Waals surface area contributed by atoms with E-state index in [-0.39, 0.29) is 17.6 Å². The predicted molar refractivity (Wildman–Crippen MR) is 70.0 cm³/mol. The Labute approximate surface area is 109 Å². The van der Waals surface area contributed by atoms with Crippen LogP contribution in [0, 0.1) is 6.92 Å². The first kappa shape index (κ1) is 15.1. The molecule has 102 valence electrons. The van der Waals surface area contributed by atoms with Gasteiger partial charge in [0.25, 0.3) is 10.1 Å². The van der Waals surface area contributed by atoms with Crippen molar-refractivity contribution >= 4 is 10.1 Å². The molecule has 0 spiro atoms. The van der Waals surface area contributed by atoms with Gasteiger partial charge in [-0.1, -0.05) is 24.6 Å². The summed E-state index contributed by atoms with van der Waals surface area (Å²) in [4.78, 5) is 0.177. The van der Waals surface area contributed by atoms with Gasteiger partial charge in [0.1, 0.15) is 0 Å². The molecule has 0 radical (unpaired) electrons. The lowest BCUT2D eigenvalue weighted by Gasteiger charge is -2.12. The van der Waals surface area contributed by atoms with Gasteiger partial charge >= 0.3 is 0 Å². The molecule has 5 heteroatoms. The highest BCUT2D eigenvalue weighted by molar-refractivity contribution is 7.86. The second-order valence-corrected chi connectivity index (χ2v) is 5.85. The molecule has 0 aliphatic rings. The number of hydrogen-bond donors (Lipinski definition) is 0. The SMILES string of the molecule is CCCO[C@@H](C)COS(=O)(=O)c1ccc(C)cc1. The molecule has 0 amide bonds. The lowest BCUT2D eigenvalue weighted by atomic mass is 10.2. The number of rotatable bonds is 7. The van der Waals surface area contributed by atoms with Gasteiger partial charge in [-0.2, -0.15) is 8.42 Å². The Balaban J connectivity index is 2.57.